The molecule has 1 aromatic heterocycles. The summed E-state index contributed by atoms with van der Waals surface area (Å²) in [6, 6.07) is 9.16. The summed E-state index contributed by atoms with van der Waals surface area (Å²) in [4.78, 5) is 0. The van der Waals surface area contributed by atoms with Crippen molar-refractivity contribution in [1.29, 1.82) is 0 Å². The van der Waals surface area contributed by atoms with Crippen molar-refractivity contribution in [2.75, 3.05) is 0 Å². The van der Waals surface area contributed by atoms with Crippen molar-refractivity contribution in [3.63, 3.8) is 0 Å². The summed E-state index contributed by atoms with van der Waals surface area (Å²) >= 11 is 0. The van der Waals surface area contributed by atoms with Crippen LogP contribution in [0, 0.1) is 0 Å². The third-order valence-corrected chi connectivity index (χ3v) is 2.15. The maximum atomic E-state index is 9.25. The first kappa shape index (κ1) is 9.80. The summed E-state index contributed by atoms with van der Waals surface area (Å²) in [6.07, 6.45) is 3.38. The molecule has 15 heavy (non-hydrogen) atoms. The smallest absolute Gasteiger partial charge is 0.115 e. The van der Waals surface area contributed by atoms with Gasteiger partial charge in [0.1, 0.15) is 5.75 Å². The van der Waals surface area contributed by atoms with Crippen molar-refractivity contribution in [3.8, 4) is 5.75 Å². The highest BCUT2D eigenvalue weighted by molar-refractivity contribution is 5.26. The second-order valence-electron chi connectivity index (χ2n) is 3.41. The molecule has 3 nitrogen and oxygen atoms in total. The van der Waals surface area contributed by atoms with Crippen LogP contribution in [0.5, 0.6) is 5.75 Å². The zero-order chi connectivity index (χ0) is 10.5. The predicted octanol–water partition coefficient (Wildman–Crippen LogP) is 2.28. The van der Waals surface area contributed by atoms with Gasteiger partial charge in [-0.25, -0.2) is 0 Å². The van der Waals surface area contributed by atoms with Gasteiger partial charge in [0, 0.05) is 18.7 Å². The number of hydrogen-bond donors (Lipinski definition) is 2. The lowest BCUT2D eigenvalue weighted by Crippen LogP contribution is -2.11. The van der Waals surface area contributed by atoms with Gasteiger partial charge in [-0.2, -0.15) is 0 Å². The fourth-order valence-electron chi connectivity index (χ4n) is 1.41. The summed E-state index contributed by atoms with van der Waals surface area (Å²) in [7, 11) is 0. The minimum absolute atomic E-state index is 0.303. The molecule has 0 aliphatic heterocycles. The van der Waals surface area contributed by atoms with E-state index in [1.54, 1.807) is 24.7 Å². The number of aromatic hydroxyl groups is 1. The SMILES string of the molecule is Oc1cccc(CNCc2ccoc2)c1. The Balaban J connectivity index is 1.83. The van der Waals surface area contributed by atoms with Gasteiger partial charge in [-0.1, -0.05) is 12.1 Å². The summed E-state index contributed by atoms with van der Waals surface area (Å²) in [5.41, 5.74) is 2.19. The van der Waals surface area contributed by atoms with E-state index < -0.39 is 0 Å². The first-order valence-electron chi connectivity index (χ1n) is 4.84. The molecule has 0 saturated heterocycles. The highest BCUT2D eigenvalue weighted by Gasteiger charge is 1.96. The summed E-state index contributed by atoms with van der Waals surface area (Å²) in [5.74, 6) is 0.303. The molecule has 0 amide bonds. The van der Waals surface area contributed by atoms with Crippen molar-refractivity contribution in [2.45, 2.75) is 13.1 Å². The number of nitrogens with one attached hydrogen (secondary N) is 1. The Morgan fingerprint density at radius 1 is 1.13 bits per heavy atom. The minimum Gasteiger partial charge on any atom is -0.508 e. The van der Waals surface area contributed by atoms with Crippen LogP contribution in [0.25, 0.3) is 0 Å². The van der Waals surface area contributed by atoms with Crippen LogP contribution in [0.4, 0.5) is 0 Å². The molecule has 78 valence electrons. The van der Waals surface area contributed by atoms with Crippen molar-refractivity contribution in [2.24, 2.45) is 0 Å². The normalized spacial score (nSPS) is 10.4. The quantitative estimate of drug-likeness (QED) is 0.801. The third-order valence-electron chi connectivity index (χ3n) is 2.15. The highest BCUT2D eigenvalue weighted by Crippen LogP contribution is 2.10. The lowest BCUT2D eigenvalue weighted by molar-refractivity contribution is 0.474. The monoisotopic (exact) mass is 203 g/mol. The number of phenols is 1. The van der Waals surface area contributed by atoms with Crippen LogP contribution in [-0.4, -0.2) is 5.11 Å². The van der Waals surface area contributed by atoms with Crippen LogP contribution in [0.1, 0.15) is 11.1 Å². The molecule has 2 N–H and O–H groups in total. The Kier molecular flexibility index (Phi) is 3.05. The lowest BCUT2D eigenvalue weighted by Gasteiger charge is -2.03. The van der Waals surface area contributed by atoms with Gasteiger partial charge >= 0.3 is 0 Å². The molecule has 1 heterocycles. The second-order valence-corrected chi connectivity index (χ2v) is 3.41. The van der Waals surface area contributed by atoms with Gasteiger partial charge in [-0.15, -0.1) is 0 Å². The van der Waals surface area contributed by atoms with Crippen LogP contribution < -0.4 is 5.32 Å². The Hall–Kier alpha value is -1.74. The predicted molar refractivity (Wildman–Crippen MR) is 57.4 cm³/mol. The van der Waals surface area contributed by atoms with Crippen LogP contribution >= 0.6 is 0 Å². The molecular formula is C12H13NO2. The van der Waals surface area contributed by atoms with Crippen molar-refractivity contribution >= 4 is 0 Å². The van der Waals surface area contributed by atoms with Crippen molar-refractivity contribution in [3.05, 3.63) is 54.0 Å². The molecule has 1 aromatic carbocycles. The molecule has 2 rings (SSSR count). The largest absolute Gasteiger partial charge is 0.508 e. The summed E-state index contributed by atoms with van der Waals surface area (Å²) < 4.78 is 4.96. The van der Waals surface area contributed by atoms with Crippen LogP contribution in [0.3, 0.4) is 0 Å². The van der Waals surface area contributed by atoms with E-state index in [1.807, 2.05) is 18.2 Å². The van der Waals surface area contributed by atoms with Crippen molar-refractivity contribution < 1.29 is 9.52 Å². The number of phenolic OH excluding ortho intramolecular Hbond substituents is 1. The number of rotatable bonds is 4. The Labute approximate surface area is 88.4 Å². The van der Waals surface area contributed by atoms with Crippen molar-refractivity contribution in [1.82, 2.24) is 5.32 Å². The molecule has 0 spiro atoms. The van der Waals surface area contributed by atoms with E-state index in [0.717, 1.165) is 24.2 Å². The first-order valence-corrected chi connectivity index (χ1v) is 4.84. The van der Waals surface area contributed by atoms with Gasteiger partial charge in [0.2, 0.25) is 0 Å². The molecule has 2 aromatic rings. The van der Waals surface area contributed by atoms with Gasteiger partial charge in [0.05, 0.1) is 12.5 Å². The zero-order valence-corrected chi connectivity index (χ0v) is 8.31. The lowest BCUT2D eigenvalue weighted by atomic mass is 10.2. The molecule has 0 atom stereocenters. The number of furan rings is 1. The highest BCUT2D eigenvalue weighted by atomic mass is 16.3. The van der Waals surface area contributed by atoms with E-state index in [1.165, 1.54) is 0 Å². The van der Waals surface area contributed by atoms with E-state index >= 15 is 0 Å². The summed E-state index contributed by atoms with van der Waals surface area (Å²) in [5, 5.41) is 12.5. The molecule has 0 saturated carbocycles. The third kappa shape index (κ3) is 2.86. The zero-order valence-electron chi connectivity index (χ0n) is 8.31. The average Bonchev–Trinajstić information content (AvgIpc) is 2.71. The number of benzene rings is 1. The van der Waals surface area contributed by atoms with Gasteiger partial charge in [-0.05, 0) is 23.8 Å². The fraction of sp³-hybridized carbons (Fsp3) is 0.167. The van der Waals surface area contributed by atoms with E-state index in [2.05, 4.69) is 5.32 Å². The fourth-order valence-corrected chi connectivity index (χ4v) is 1.41. The standard InChI is InChI=1S/C12H13NO2/c14-12-3-1-2-10(6-12)7-13-8-11-4-5-15-9-11/h1-6,9,13-14H,7-8H2. The summed E-state index contributed by atoms with van der Waals surface area (Å²) in [6.45, 7) is 1.51. The van der Waals surface area contributed by atoms with Gasteiger partial charge in [0.15, 0.2) is 0 Å². The number of hydrogen-bond acceptors (Lipinski definition) is 3. The van der Waals surface area contributed by atoms with Gasteiger partial charge in [0.25, 0.3) is 0 Å². The van der Waals surface area contributed by atoms with E-state index in [4.69, 9.17) is 4.42 Å². The Bertz CT molecular complexity index is 409. The molecule has 0 unspecified atom stereocenters. The van der Waals surface area contributed by atoms with E-state index in [9.17, 15) is 5.11 Å². The molecule has 0 radical (unpaired) electrons. The topological polar surface area (TPSA) is 45.4 Å². The Morgan fingerprint density at radius 3 is 2.73 bits per heavy atom. The van der Waals surface area contributed by atoms with Gasteiger partial charge in [-0.3, -0.25) is 0 Å². The molecule has 0 aliphatic carbocycles. The van der Waals surface area contributed by atoms with Crippen LogP contribution in [0.2, 0.25) is 0 Å². The Morgan fingerprint density at radius 2 is 2.00 bits per heavy atom. The molecule has 3 heteroatoms. The molecule has 0 aliphatic rings. The average molecular weight is 203 g/mol. The second kappa shape index (κ2) is 4.66. The van der Waals surface area contributed by atoms with Gasteiger partial charge < -0.3 is 14.8 Å². The molecule has 0 fully saturated rings. The van der Waals surface area contributed by atoms with Crippen LogP contribution in [-0.2, 0) is 13.1 Å². The molecule has 0 bridgehead atoms. The maximum Gasteiger partial charge on any atom is 0.115 e. The first-order chi connectivity index (χ1) is 7.34. The maximum absolute atomic E-state index is 9.25. The van der Waals surface area contributed by atoms with E-state index in [0.29, 0.717) is 5.75 Å². The van der Waals surface area contributed by atoms with E-state index in [-0.39, 0.29) is 0 Å². The van der Waals surface area contributed by atoms with Crippen LogP contribution in [0.15, 0.2) is 47.3 Å². The minimum atomic E-state index is 0.303. The molecular weight excluding hydrogens is 190 g/mol.